The lowest BCUT2D eigenvalue weighted by Crippen LogP contribution is -2.19. The first-order valence-electron chi connectivity index (χ1n) is 6.51. The van der Waals surface area contributed by atoms with Crippen molar-refractivity contribution in [1.29, 1.82) is 0 Å². The third-order valence-corrected chi connectivity index (χ3v) is 3.13. The minimum Gasteiger partial charge on any atom is -0.324 e. The van der Waals surface area contributed by atoms with Crippen LogP contribution >= 0.6 is 0 Å². The lowest BCUT2D eigenvalue weighted by Gasteiger charge is -2.06. The molecule has 0 spiro atoms. The Labute approximate surface area is 123 Å². The van der Waals surface area contributed by atoms with E-state index >= 15 is 0 Å². The number of carbonyl (C=O) groups is 1. The fourth-order valence-electron chi connectivity index (χ4n) is 2.16. The molecule has 108 valence electrons. The molecular weight excluding hydrogens is 284 g/mol. The number of pyridine rings is 1. The number of hydrogen-bond donors (Lipinski definition) is 1. The predicted octanol–water partition coefficient (Wildman–Crippen LogP) is 0.508. The third kappa shape index (κ3) is 2.14. The van der Waals surface area contributed by atoms with Crippen LogP contribution in [0.4, 0.5) is 5.69 Å². The summed E-state index contributed by atoms with van der Waals surface area (Å²) in [5.41, 5.74) is 2.53. The van der Waals surface area contributed by atoms with Crippen LogP contribution in [-0.2, 0) is 11.3 Å². The van der Waals surface area contributed by atoms with Crippen LogP contribution in [0.3, 0.4) is 0 Å². The summed E-state index contributed by atoms with van der Waals surface area (Å²) in [5.74, 6) is -0.209. The zero-order valence-corrected chi connectivity index (χ0v) is 11.3. The van der Waals surface area contributed by atoms with Crippen molar-refractivity contribution in [3.8, 4) is 0 Å². The normalized spacial score (nSPS) is 11.1. The summed E-state index contributed by atoms with van der Waals surface area (Å²) in [6.45, 7) is 0.0556. The Kier molecular flexibility index (Phi) is 2.75. The van der Waals surface area contributed by atoms with Crippen LogP contribution < -0.4 is 5.32 Å². The highest BCUT2D eigenvalue weighted by Gasteiger charge is 2.09. The van der Waals surface area contributed by atoms with Gasteiger partial charge in [-0.2, -0.15) is 10.2 Å². The Hall–Kier alpha value is -3.36. The molecule has 0 bridgehead atoms. The molecule has 1 amide bonds. The number of amides is 1. The lowest BCUT2D eigenvalue weighted by molar-refractivity contribution is -0.116. The maximum absolute atomic E-state index is 12.1. The first-order chi connectivity index (χ1) is 10.8. The zero-order valence-electron chi connectivity index (χ0n) is 11.3. The topological polar surface area (TPSA) is 103 Å². The van der Waals surface area contributed by atoms with Gasteiger partial charge in [0, 0.05) is 30.3 Å². The second-order valence-corrected chi connectivity index (χ2v) is 4.59. The minimum absolute atomic E-state index is 0.0556. The van der Waals surface area contributed by atoms with Gasteiger partial charge >= 0.3 is 0 Å². The predicted molar refractivity (Wildman–Crippen MR) is 76.9 cm³/mol. The number of hydrogen-bond acceptors (Lipinski definition) is 6. The molecule has 4 aromatic rings. The number of rotatable bonds is 3. The van der Waals surface area contributed by atoms with Crippen molar-refractivity contribution in [3.63, 3.8) is 0 Å². The second-order valence-electron chi connectivity index (χ2n) is 4.59. The Morgan fingerprint density at radius 1 is 1.18 bits per heavy atom. The summed E-state index contributed by atoms with van der Waals surface area (Å²) in [4.78, 5) is 24.5. The van der Waals surface area contributed by atoms with Crippen LogP contribution in [-0.4, -0.2) is 40.3 Å². The van der Waals surface area contributed by atoms with Gasteiger partial charge in [0.1, 0.15) is 18.4 Å². The molecule has 0 aromatic carbocycles. The van der Waals surface area contributed by atoms with Crippen LogP contribution in [0.2, 0.25) is 0 Å². The first kappa shape index (κ1) is 12.4. The van der Waals surface area contributed by atoms with E-state index < -0.39 is 0 Å². The molecule has 4 rings (SSSR count). The Bertz CT molecular complexity index is 972. The molecule has 0 aliphatic heterocycles. The number of anilines is 1. The molecule has 4 aromatic heterocycles. The van der Waals surface area contributed by atoms with E-state index in [1.165, 1.54) is 11.0 Å². The summed E-state index contributed by atoms with van der Waals surface area (Å²) in [5, 5.41) is 10.9. The molecule has 0 aliphatic carbocycles. The van der Waals surface area contributed by atoms with Gasteiger partial charge in [0.05, 0.1) is 6.20 Å². The van der Waals surface area contributed by atoms with Gasteiger partial charge in [0.2, 0.25) is 5.91 Å². The summed E-state index contributed by atoms with van der Waals surface area (Å²) in [7, 11) is 0. The molecule has 0 saturated carbocycles. The van der Waals surface area contributed by atoms with Crippen molar-refractivity contribution in [3.05, 3.63) is 43.2 Å². The van der Waals surface area contributed by atoms with Crippen LogP contribution in [0, 0.1) is 0 Å². The number of fused-ring (bicyclic) bond motifs is 2. The van der Waals surface area contributed by atoms with Gasteiger partial charge in [0.25, 0.3) is 0 Å². The van der Waals surface area contributed by atoms with Gasteiger partial charge < -0.3 is 5.32 Å². The van der Waals surface area contributed by atoms with Crippen LogP contribution in [0.5, 0.6) is 0 Å². The molecule has 0 aliphatic rings. The van der Waals surface area contributed by atoms with E-state index in [1.54, 1.807) is 41.4 Å². The quantitative estimate of drug-likeness (QED) is 0.590. The van der Waals surface area contributed by atoms with E-state index in [9.17, 15) is 4.79 Å². The fourth-order valence-corrected chi connectivity index (χ4v) is 2.16. The van der Waals surface area contributed by atoms with Crippen molar-refractivity contribution in [2.24, 2.45) is 0 Å². The van der Waals surface area contributed by atoms with E-state index in [-0.39, 0.29) is 12.5 Å². The Balaban J connectivity index is 1.54. The van der Waals surface area contributed by atoms with E-state index in [0.717, 1.165) is 0 Å². The van der Waals surface area contributed by atoms with Crippen LogP contribution in [0.1, 0.15) is 0 Å². The number of aromatic nitrogens is 7. The SMILES string of the molecule is O=C(Cn1ncc2nccnc21)Nc1ccn2ncnc2c1. The number of carbonyl (C=O) groups excluding carboxylic acids is 1. The molecule has 0 atom stereocenters. The Morgan fingerprint density at radius 2 is 2.09 bits per heavy atom. The summed E-state index contributed by atoms with van der Waals surface area (Å²) < 4.78 is 3.12. The average Bonchev–Trinajstić information content (AvgIpc) is 3.14. The van der Waals surface area contributed by atoms with Crippen molar-refractivity contribution in [2.75, 3.05) is 5.32 Å². The largest absolute Gasteiger partial charge is 0.324 e. The van der Waals surface area contributed by atoms with Gasteiger partial charge in [-0.3, -0.25) is 4.79 Å². The van der Waals surface area contributed by atoms with Crippen LogP contribution in [0.25, 0.3) is 16.8 Å². The van der Waals surface area contributed by atoms with Gasteiger partial charge in [-0.25, -0.2) is 24.1 Å². The molecule has 22 heavy (non-hydrogen) atoms. The lowest BCUT2D eigenvalue weighted by atomic mass is 10.4. The number of nitrogens with zero attached hydrogens (tertiary/aromatic N) is 7. The maximum Gasteiger partial charge on any atom is 0.246 e. The molecule has 0 radical (unpaired) electrons. The zero-order chi connectivity index (χ0) is 14.9. The van der Waals surface area contributed by atoms with Crippen molar-refractivity contribution in [1.82, 2.24) is 34.3 Å². The minimum atomic E-state index is -0.209. The third-order valence-electron chi connectivity index (χ3n) is 3.13. The molecule has 1 N–H and O–H groups in total. The van der Waals surface area contributed by atoms with E-state index in [2.05, 4.69) is 30.5 Å². The highest BCUT2D eigenvalue weighted by atomic mass is 16.2. The van der Waals surface area contributed by atoms with E-state index in [0.29, 0.717) is 22.5 Å². The standard InChI is InChI=1S/C13H10N8O/c22-12(7-21-13-10(6-17-21)14-2-3-15-13)19-9-1-4-20-11(5-9)16-8-18-20/h1-6,8H,7H2,(H,19,22). The fraction of sp³-hybridized carbons (Fsp3) is 0.0769. The van der Waals surface area contributed by atoms with Crippen molar-refractivity contribution < 1.29 is 4.79 Å². The summed E-state index contributed by atoms with van der Waals surface area (Å²) >= 11 is 0. The molecule has 0 saturated heterocycles. The second kappa shape index (κ2) is 4.88. The van der Waals surface area contributed by atoms with Gasteiger partial charge in [-0.05, 0) is 6.07 Å². The average molecular weight is 294 g/mol. The van der Waals surface area contributed by atoms with Gasteiger partial charge in [-0.15, -0.1) is 0 Å². The summed E-state index contributed by atoms with van der Waals surface area (Å²) in [6.07, 6.45) is 7.92. The Morgan fingerprint density at radius 3 is 3.05 bits per heavy atom. The highest BCUT2D eigenvalue weighted by Crippen LogP contribution is 2.10. The highest BCUT2D eigenvalue weighted by molar-refractivity contribution is 5.91. The van der Waals surface area contributed by atoms with Gasteiger partial charge in [0.15, 0.2) is 11.3 Å². The monoisotopic (exact) mass is 294 g/mol. The van der Waals surface area contributed by atoms with Gasteiger partial charge in [-0.1, -0.05) is 0 Å². The molecule has 0 unspecified atom stereocenters. The number of nitrogens with one attached hydrogen (secondary N) is 1. The van der Waals surface area contributed by atoms with E-state index in [4.69, 9.17) is 0 Å². The molecular formula is C13H10N8O. The first-order valence-corrected chi connectivity index (χ1v) is 6.51. The molecule has 9 nitrogen and oxygen atoms in total. The van der Waals surface area contributed by atoms with Crippen molar-refractivity contribution >= 4 is 28.4 Å². The van der Waals surface area contributed by atoms with Crippen LogP contribution in [0.15, 0.2) is 43.2 Å². The molecule has 9 heteroatoms. The van der Waals surface area contributed by atoms with Crippen molar-refractivity contribution in [2.45, 2.75) is 6.54 Å². The molecule has 4 heterocycles. The maximum atomic E-state index is 12.1. The smallest absolute Gasteiger partial charge is 0.246 e. The summed E-state index contributed by atoms with van der Waals surface area (Å²) in [6, 6.07) is 3.49. The van der Waals surface area contributed by atoms with E-state index in [1.807, 2.05) is 0 Å². The molecule has 0 fully saturated rings.